The summed E-state index contributed by atoms with van der Waals surface area (Å²) in [5.74, 6) is 0.477. The lowest BCUT2D eigenvalue weighted by Gasteiger charge is -2.08. The molecule has 0 spiro atoms. The van der Waals surface area contributed by atoms with Gasteiger partial charge in [-0.15, -0.1) is 0 Å². The van der Waals surface area contributed by atoms with E-state index in [-0.39, 0.29) is 5.78 Å². The lowest BCUT2D eigenvalue weighted by molar-refractivity contribution is 0.103. The van der Waals surface area contributed by atoms with Gasteiger partial charge in [0.15, 0.2) is 5.78 Å². The van der Waals surface area contributed by atoms with Crippen LogP contribution in [0.1, 0.15) is 22.8 Å². The summed E-state index contributed by atoms with van der Waals surface area (Å²) >= 11 is 3.35. The van der Waals surface area contributed by atoms with Crippen molar-refractivity contribution in [1.82, 2.24) is 0 Å². The summed E-state index contributed by atoms with van der Waals surface area (Å²) in [4.78, 5) is 12.2. The normalized spacial score (nSPS) is 10.2. The molecule has 88 valence electrons. The van der Waals surface area contributed by atoms with Gasteiger partial charge < -0.3 is 9.15 Å². The van der Waals surface area contributed by atoms with Crippen molar-refractivity contribution in [3.8, 4) is 5.75 Å². The molecule has 0 aliphatic rings. The Morgan fingerprint density at radius 1 is 1.41 bits per heavy atom. The highest BCUT2D eigenvalue weighted by Crippen LogP contribution is 2.25. The first kappa shape index (κ1) is 11.9. The molecule has 1 heterocycles. The first-order chi connectivity index (χ1) is 8.22. The molecule has 0 N–H and O–H groups in total. The lowest BCUT2D eigenvalue weighted by atomic mass is 10.1. The number of hydrogen-bond acceptors (Lipinski definition) is 3. The topological polar surface area (TPSA) is 39.4 Å². The highest BCUT2D eigenvalue weighted by atomic mass is 79.9. The van der Waals surface area contributed by atoms with Crippen LogP contribution >= 0.6 is 15.9 Å². The van der Waals surface area contributed by atoms with Crippen molar-refractivity contribution in [3.05, 3.63) is 52.4 Å². The van der Waals surface area contributed by atoms with E-state index < -0.39 is 0 Å². The van der Waals surface area contributed by atoms with Crippen LogP contribution in [-0.4, -0.2) is 12.4 Å². The van der Waals surface area contributed by atoms with Gasteiger partial charge in [-0.25, -0.2) is 0 Å². The lowest BCUT2D eigenvalue weighted by Crippen LogP contribution is -2.04. The standard InChI is InChI=1S/C13H11BrO3/c1-2-17-12-4-3-10(14)7-11(12)13(15)9-5-6-16-8-9/h3-8H,2H2,1H3. The second-order valence-corrected chi connectivity index (χ2v) is 4.33. The van der Waals surface area contributed by atoms with Crippen LogP contribution < -0.4 is 4.74 Å². The van der Waals surface area contributed by atoms with Gasteiger partial charge in [0.1, 0.15) is 12.0 Å². The van der Waals surface area contributed by atoms with Crippen molar-refractivity contribution >= 4 is 21.7 Å². The molecule has 0 atom stereocenters. The first-order valence-electron chi connectivity index (χ1n) is 5.21. The number of benzene rings is 1. The molecule has 0 saturated heterocycles. The maximum atomic E-state index is 12.2. The first-order valence-corrected chi connectivity index (χ1v) is 6.01. The highest BCUT2D eigenvalue weighted by Gasteiger charge is 2.16. The van der Waals surface area contributed by atoms with Gasteiger partial charge in [-0.1, -0.05) is 15.9 Å². The van der Waals surface area contributed by atoms with Crippen LogP contribution in [0.3, 0.4) is 0 Å². The average Bonchev–Trinajstić information content (AvgIpc) is 2.84. The fourth-order valence-corrected chi connectivity index (χ4v) is 1.87. The number of rotatable bonds is 4. The Hall–Kier alpha value is -1.55. The van der Waals surface area contributed by atoms with E-state index in [0.29, 0.717) is 23.5 Å². The number of halogens is 1. The molecule has 0 saturated carbocycles. The minimum absolute atomic E-state index is 0.108. The van der Waals surface area contributed by atoms with E-state index in [1.54, 1.807) is 18.2 Å². The summed E-state index contributed by atoms with van der Waals surface area (Å²) in [6.07, 6.45) is 2.91. The van der Waals surface area contributed by atoms with Crippen molar-refractivity contribution in [3.63, 3.8) is 0 Å². The summed E-state index contributed by atoms with van der Waals surface area (Å²) in [6.45, 7) is 2.40. The smallest absolute Gasteiger partial charge is 0.200 e. The number of furan rings is 1. The average molecular weight is 295 g/mol. The molecule has 4 heteroatoms. The zero-order valence-corrected chi connectivity index (χ0v) is 10.9. The molecular formula is C13H11BrO3. The number of ketones is 1. The van der Waals surface area contributed by atoms with E-state index in [1.807, 2.05) is 13.0 Å². The molecule has 0 amide bonds. The third-order valence-corrected chi connectivity index (χ3v) is 2.76. The van der Waals surface area contributed by atoms with E-state index in [4.69, 9.17) is 9.15 Å². The Morgan fingerprint density at radius 3 is 2.88 bits per heavy atom. The van der Waals surface area contributed by atoms with Gasteiger partial charge in [-0.2, -0.15) is 0 Å². The van der Waals surface area contributed by atoms with Crippen LogP contribution in [0, 0.1) is 0 Å². The Morgan fingerprint density at radius 2 is 2.24 bits per heavy atom. The number of hydrogen-bond donors (Lipinski definition) is 0. The van der Waals surface area contributed by atoms with Gasteiger partial charge in [0.2, 0.25) is 0 Å². The second kappa shape index (κ2) is 5.19. The van der Waals surface area contributed by atoms with E-state index in [2.05, 4.69) is 15.9 Å². The van der Waals surface area contributed by atoms with E-state index in [9.17, 15) is 4.79 Å². The summed E-state index contributed by atoms with van der Waals surface area (Å²) in [6, 6.07) is 7.01. The number of ether oxygens (including phenoxy) is 1. The molecule has 1 aromatic heterocycles. The van der Waals surface area contributed by atoms with Gasteiger partial charge in [0, 0.05) is 4.47 Å². The third-order valence-electron chi connectivity index (χ3n) is 2.27. The number of carbonyl (C=O) groups is 1. The van der Waals surface area contributed by atoms with E-state index >= 15 is 0 Å². The molecule has 0 aliphatic heterocycles. The Balaban J connectivity index is 2.42. The third kappa shape index (κ3) is 2.58. The van der Waals surface area contributed by atoms with Gasteiger partial charge in [-0.05, 0) is 31.2 Å². The van der Waals surface area contributed by atoms with Crippen molar-refractivity contribution in [2.24, 2.45) is 0 Å². The highest BCUT2D eigenvalue weighted by molar-refractivity contribution is 9.10. The zero-order valence-electron chi connectivity index (χ0n) is 9.27. The molecule has 2 aromatic rings. The predicted molar refractivity (Wildman–Crippen MR) is 67.5 cm³/mol. The van der Waals surface area contributed by atoms with E-state index in [1.165, 1.54) is 12.5 Å². The van der Waals surface area contributed by atoms with Crippen molar-refractivity contribution in [2.45, 2.75) is 6.92 Å². The fourth-order valence-electron chi connectivity index (χ4n) is 1.51. The largest absolute Gasteiger partial charge is 0.493 e. The SMILES string of the molecule is CCOc1ccc(Br)cc1C(=O)c1ccoc1. The summed E-state index contributed by atoms with van der Waals surface area (Å²) in [5.41, 5.74) is 1.05. The Bertz CT molecular complexity index is 517. The maximum Gasteiger partial charge on any atom is 0.200 e. The van der Waals surface area contributed by atoms with Gasteiger partial charge in [0.05, 0.1) is 24.0 Å². The van der Waals surface area contributed by atoms with Crippen LogP contribution in [0.25, 0.3) is 0 Å². The Labute approximate surface area is 108 Å². The van der Waals surface area contributed by atoms with Gasteiger partial charge in [0.25, 0.3) is 0 Å². The Kier molecular flexibility index (Phi) is 3.64. The van der Waals surface area contributed by atoms with Gasteiger partial charge in [-0.3, -0.25) is 4.79 Å². The molecule has 0 aliphatic carbocycles. The van der Waals surface area contributed by atoms with Crippen LogP contribution in [0.15, 0.2) is 45.7 Å². The van der Waals surface area contributed by atoms with Crippen molar-refractivity contribution in [1.29, 1.82) is 0 Å². The van der Waals surface area contributed by atoms with Crippen molar-refractivity contribution < 1.29 is 13.9 Å². The fraction of sp³-hybridized carbons (Fsp3) is 0.154. The molecule has 0 radical (unpaired) electrons. The molecule has 2 rings (SSSR count). The molecule has 0 unspecified atom stereocenters. The van der Waals surface area contributed by atoms with E-state index in [0.717, 1.165) is 4.47 Å². The minimum Gasteiger partial charge on any atom is -0.493 e. The van der Waals surface area contributed by atoms with Crippen LogP contribution in [0.2, 0.25) is 0 Å². The molecule has 0 bridgehead atoms. The molecular weight excluding hydrogens is 284 g/mol. The minimum atomic E-state index is -0.108. The van der Waals surface area contributed by atoms with Crippen LogP contribution in [-0.2, 0) is 0 Å². The number of carbonyl (C=O) groups excluding carboxylic acids is 1. The molecule has 0 fully saturated rings. The second-order valence-electron chi connectivity index (χ2n) is 3.41. The summed E-state index contributed by atoms with van der Waals surface area (Å²) in [7, 11) is 0. The molecule has 3 nitrogen and oxygen atoms in total. The molecule has 1 aromatic carbocycles. The predicted octanol–water partition coefficient (Wildman–Crippen LogP) is 3.67. The van der Waals surface area contributed by atoms with Gasteiger partial charge >= 0.3 is 0 Å². The summed E-state index contributed by atoms with van der Waals surface area (Å²) in [5, 5.41) is 0. The van der Waals surface area contributed by atoms with Crippen molar-refractivity contribution in [2.75, 3.05) is 6.61 Å². The molecule has 17 heavy (non-hydrogen) atoms. The monoisotopic (exact) mass is 294 g/mol. The summed E-state index contributed by atoms with van der Waals surface area (Å²) < 4.78 is 11.2. The quantitative estimate of drug-likeness (QED) is 0.808. The maximum absolute atomic E-state index is 12.2. The van der Waals surface area contributed by atoms with Crippen LogP contribution in [0.5, 0.6) is 5.75 Å². The zero-order chi connectivity index (χ0) is 12.3. The van der Waals surface area contributed by atoms with Crippen LogP contribution in [0.4, 0.5) is 0 Å².